The zero-order valence-electron chi connectivity index (χ0n) is 21.0. The Hall–Kier alpha value is -0.630. The normalized spacial score (nSPS) is 52.6. The van der Waals surface area contributed by atoms with E-state index in [0.29, 0.717) is 39.9 Å². The van der Waals surface area contributed by atoms with Crippen LogP contribution in [-0.4, -0.2) is 17.5 Å². The van der Waals surface area contributed by atoms with E-state index in [9.17, 15) is 9.90 Å². The smallest absolute Gasteiger partial charge is 0.126 e. The highest BCUT2D eigenvalue weighted by molar-refractivity contribution is 5.62. The van der Waals surface area contributed by atoms with Gasteiger partial charge < -0.3 is 9.90 Å². The van der Waals surface area contributed by atoms with Crippen molar-refractivity contribution < 1.29 is 9.90 Å². The van der Waals surface area contributed by atoms with Crippen LogP contribution in [0.4, 0.5) is 0 Å². The van der Waals surface area contributed by atoms with E-state index in [1.165, 1.54) is 51.2 Å². The van der Waals surface area contributed by atoms with Gasteiger partial charge in [0.15, 0.2) is 0 Å². The van der Waals surface area contributed by atoms with Crippen LogP contribution >= 0.6 is 0 Å². The molecule has 31 heavy (non-hydrogen) atoms. The number of aldehydes is 1. The predicted molar refractivity (Wildman–Crippen MR) is 126 cm³/mol. The largest absolute Gasteiger partial charge is 0.393 e. The maximum Gasteiger partial charge on any atom is 0.126 e. The molecule has 2 nitrogen and oxygen atoms in total. The molecule has 0 aromatic heterocycles. The summed E-state index contributed by atoms with van der Waals surface area (Å²) in [6, 6.07) is 0. The minimum atomic E-state index is -0.156. The van der Waals surface area contributed by atoms with Gasteiger partial charge in [0.25, 0.3) is 0 Å². The Morgan fingerprint density at radius 1 is 0.839 bits per heavy atom. The molecule has 0 aliphatic heterocycles. The summed E-state index contributed by atoms with van der Waals surface area (Å²) < 4.78 is 0. The Morgan fingerprint density at radius 3 is 2.26 bits per heavy atom. The van der Waals surface area contributed by atoms with Gasteiger partial charge in [-0.2, -0.15) is 0 Å². The Bertz CT molecular complexity index is 793. The van der Waals surface area contributed by atoms with Crippen molar-refractivity contribution >= 4 is 6.29 Å². The average Bonchev–Trinajstić information content (AvgIpc) is 2.70. The van der Waals surface area contributed by atoms with E-state index in [2.05, 4.69) is 47.6 Å². The Labute approximate surface area is 190 Å². The van der Waals surface area contributed by atoms with E-state index in [-0.39, 0.29) is 16.9 Å². The van der Waals surface area contributed by atoms with Crippen LogP contribution in [0.3, 0.4) is 0 Å². The van der Waals surface area contributed by atoms with Gasteiger partial charge in [0, 0.05) is 5.41 Å². The molecule has 0 heterocycles. The first kappa shape index (κ1) is 22.2. The van der Waals surface area contributed by atoms with E-state index >= 15 is 0 Å². The number of carbonyl (C=O) groups is 1. The highest BCUT2D eigenvalue weighted by Gasteiger charge is 2.64. The van der Waals surface area contributed by atoms with Crippen molar-refractivity contribution in [2.45, 2.75) is 112 Å². The van der Waals surface area contributed by atoms with Crippen LogP contribution in [0.25, 0.3) is 0 Å². The molecular formula is C29H46O2. The lowest BCUT2D eigenvalue weighted by Gasteiger charge is -2.68. The maximum atomic E-state index is 12.5. The number of carbonyl (C=O) groups excluding carboxylic acids is 1. The molecule has 0 saturated heterocycles. The third-order valence-corrected chi connectivity index (χ3v) is 12.1. The van der Waals surface area contributed by atoms with Gasteiger partial charge in [-0.3, -0.25) is 0 Å². The average molecular weight is 427 g/mol. The lowest BCUT2D eigenvalue weighted by Crippen LogP contribution is -2.62. The summed E-state index contributed by atoms with van der Waals surface area (Å²) >= 11 is 0. The summed E-state index contributed by atoms with van der Waals surface area (Å²) in [5, 5.41) is 10.8. The molecule has 4 saturated carbocycles. The number of rotatable bonds is 1. The molecule has 5 aliphatic carbocycles. The standard InChI is InChI=1S/C29H46O2/c1-25(2)15-16-29(18-30)14-9-20-19(21(29)17-25)7-8-23-27(20,5)12-10-22-26(3,4)24(31)11-13-28(22,23)6/h7,18,20-24,31H,8-17H2,1-6H3/t20?,21-,22?,23?,24-,27-,28-,29-/m0/s1. The zero-order valence-corrected chi connectivity index (χ0v) is 21.0. The van der Waals surface area contributed by atoms with E-state index < -0.39 is 0 Å². The molecule has 1 N–H and O–H groups in total. The summed E-state index contributed by atoms with van der Waals surface area (Å²) in [5.41, 5.74) is 2.64. The van der Waals surface area contributed by atoms with Crippen molar-refractivity contribution in [2.75, 3.05) is 0 Å². The predicted octanol–water partition coefficient (Wildman–Crippen LogP) is 6.96. The molecule has 0 aromatic rings. The molecule has 3 unspecified atom stereocenters. The molecule has 8 atom stereocenters. The van der Waals surface area contributed by atoms with Gasteiger partial charge >= 0.3 is 0 Å². The van der Waals surface area contributed by atoms with Crippen molar-refractivity contribution in [1.29, 1.82) is 0 Å². The van der Waals surface area contributed by atoms with Crippen molar-refractivity contribution in [3.05, 3.63) is 11.6 Å². The minimum Gasteiger partial charge on any atom is -0.393 e. The Balaban J connectivity index is 1.54. The molecular weight excluding hydrogens is 380 g/mol. The first-order chi connectivity index (χ1) is 14.4. The van der Waals surface area contributed by atoms with Crippen molar-refractivity contribution in [2.24, 2.45) is 50.7 Å². The van der Waals surface area contributed by atoms with Crippen LogP contribution in [-0.2, 0) is 4.79 Å². The van der Waals surface area contributed by atoms with Crippen LogP contribution in [0.15, 0.2) is 11.6 Å². The van der Waals surface area contributed by atoms with Gasteiger partial charge in [-0.25, -0.2) is 0 Å². The molecule has 0 spiro atoms. The number of hydrogen-bond acceptors (Lipinski definition) is 2. The molecule has 0 radical (unpaired) electrons. The first-order valence-electron chi connectivity index (χ1n) is 13.2. The van der Waals surface area contributed by atoms with Crippen LogP contribution in [0, 0.1) is 50.7 Å². The molecule has 174 valence electrons. The van der Waals surface area contributed by atoms with Gasteiger partial charge in [-0.1, -0.05) is 53.2 Å². The molecule has 0 bridgehead atoms. The molecule has 0 aromatic carbocycles. The second-order valence-corrected chi connectivity index (χ2v) is 14.3. The number of fused-ring (bicyclic) bond motifs is 7. The Morgan fingerprint density at radius 2 is 1.55 bits per heavy atom. The summed E-state index contributed by atoms with van der Waals surface area (Å²) in [7, 11) is 0. The van der Waals surface area contributed by atoms with Crippen molar-refractivity contribution in [3.63, 3.8) is 0 Å². The number of aliphatic hydroxyl groups excluding tert-OH is 1. The fourth-order valence-corrected chi connectivity index (χ4v) is 10.2. The molecule has 5 rings (SSSR count). The zero-order chi connectivity index (χ0) is 22.4. The number of allylic oxidation sites excluding steroid dienone is 2. The van der Waals surface area contributed by atoms with E-state index in [0.717, 1.165) is 19.3 Å². The van der Waals surface area contributed by atoms with E-state index in [1.807, 2.05) is 0 Å². The van der Waals surface area contributed by atoms with Gasteiger partial charge in [0.05, 0.1) is 6.10 Å². The summed E-state index contributed by atoms with van der Waals surface area (Å²) in [6.07, 6.45) is 15.5. The van der Waals surface area contributed by atoms with Crippen LogP contribution in [0.5, 0.6) is 0 Å². The van der Waals surface area contributed by atoms with Gasteiger partial charge in [0.1, 0.15) is 6.29 Å². The van der Waals surface area contributed by atoms with Crippen LogP contribution < -0.4 is 0 Å². The summed E-state index contributed by atoms with van der Waals surface area (Å²) in [5.74, 6) is 2.45. The minimum absolute atomic E-state index is 0.0188. The van der Waals surface area contributed by atoms with E-state index in [4.69, 9.17) is 0 Å². The number of aliphatic hydroxyl groups is 1. The third-order valence-electron chi connectivity index (χ3n) is 12.1. The monoisotopic (exact) mass is 426 g/mol. The molecule has 2 heteroatoms. The van der Waals surface area contributed by atoms with Crippen molar-refractivity contribution in [3.8, 4) is 0 Å². The first-order valence-corrected chi connectivity index (χ1v) is 13.2. The van der Waals surface area contributed by atoms with E-state index in [1.54, 1.807) is 5.57 Å². The summed E-state index contributed by atoms with van der Waals surface area (Å²) in [4.78, 5) is 12.5. The second-order valence-electron chi connectivity index (χ2n) is 14.3. The molecule has 0 amide bonds. The van der Waals surface area contributed by atoms with Crippen LogP contribution in [0.2, 0.25) is 0 Å². The fraction of sp³-hybridized carbons (Fsp3) is 0.897. The SMILES string of the molecule is CC1(C)CC[C@]2(C=O)CCC3C(=CCC4[C@@]3(C)CCC3C(C)(C)[C@@H](O)CC[C@@]34C)[C@@H]2C1. The summed E-state index contributed by atoms with van der Waals surface area (Å²) in [6.45, 7) is 14.7. The van der Waals surface area contributed by atoms with Gasteiger partial charge in [-0.15, -0.1) is 0 Å². The highest BCUT2D eigenvalue weighted by atomic mass is 16.3. The van der Waals surface area contributed by atoms with Crippen LogP contribution in [0.1, 0.15) is 106 Å². The lowest BCUT2D eigenvalue weighted by atomic mass is 9.37. The molecule has 5 aliphatic rings. The fourth-order valence-electron chi connectivity index (χ4n) is 10.2. The quantitative estimate of drug-likeness (QED) is 0.363. The third kappa shape index (κ3) is 2.88. The second kappa shape index (κ2) is 6.71. The van der Waals surface area contributed by atoms with Gasteiger partial charge in [-0.05, 0) is 110 Å². The Kier molecular flexibility index (Phi) is 4.80. The molecule has 4 fully saturated rings. The highest BCUT2D eigenvalue weighted by Crippen LogP contribution is 2.71. The topological polar surface area (TPSA) is 37.3 Å². The number of hydrogen-bond donors (Lipinski definition) is 1. The van der Waals surface area contributed by atoms with Crippen molar-refractivity contribution in [1.82, 2.24) is 0 Å². The maximum absolute atomic E-state index is 12.5. The lowest BCUT2D eigenvalue weighted by molar-refractivity contribution is -0.186. The van der Waals surface area contributed by atoms with Gasteiger partial charge in [0.2, 0.25) is 0 Å².